The van der Waals surface area contributed by atoms with Crippen LogP contribution in [0.3, 0.4) is 0 Å². The first kappa shape index (κ1) is 12.3. The maximum Gasteiger partial charge on any atom is 0.246 e. The van der Waals surface area contributed by atoms with Crippen molar-refractivity contribution in [1.29, 1.82) is 0 Å². The SMILES string of the molecule is CC(O)C(N)c1nc(C2Cc3ccccc3C2)no1. The molecule has 1 aromatic heterocycles. The minimum Gasteiger partial charge on any atom is -0.391 e. The van der Waals surface area contributed by atoms with Crippen LogP contribution < -0.4 is 5.73 Å². The standard InChI is InChI=1S/C14H17N3O2/c1-8(18)12(15)14-16-13(17-19-14)11-6-9-4-2-3-5-10(9)7-11/h2-5,8,11-12,18H,6-7,15H2,1H3. The number of rotatable bonds is 3. The van der Waals surface area contributed by atoms with Crippen LogP contribution in [0.4, 0.5) is 0 Å². The fourth-order valence-electron chi connectivity index (χ4n) is 2.50. The molecule has 0 fully saturated rings. The van der Waals surface area contributed by atoms with Crippen molar-refractivity contribution in [3.05, 3.63) is 47.1 Å². The normalized spacial score (nSPS) is 18.3. The lowest BCUT2D eigenvalue weighted by Crippen LogP contribution is -2.23. The molecule has 5 heteroatoms. The maximum absolute atomic E-state index is 9.44. The van der Waals surface area contributed by atoms with Gasteiger partial charge in [0.1, 0.15) is 6.04 Å². The zero-order valence-corrected chi connectivity index (χ0v) is 10.8. The summed E-state index contributed by atoms with van der Waals surface area (Å²) >= 11 is 0. The molecule has 2 unspecified atom stereocenters. The Morgan fingerprint density at radius 2 is 1.95 bits per heavy atom. The molecular formula is C14H17N3O2. The van der Waals surface area contributed by atoms with Gasteiger partial charge >= 0.3 is 0 Å². The van der Waals surface area contributed by atoms with E-state index in [2.05, 4.69) is 22.3 Å². The third-order valence-electron chi connectivity index (χ3n) is 3.68. The van der Waals surface area contributed by atoms with Gasteiger partial charge in [-0.2, -0.15) is 4.98 Å². The zero-order chi connectivity index (χ0) is 13.4. The quantitative estimate of drug-likeness (QED) is 0.868. The van der Waals surface area contributed by atoms with E-state index in [4.69, 9.17) is 10.3 Å². The van der Waals surface area contributed by atoms with Gasteiger partial charge in [0.2, 0.25) is 5.89 Å². The number of nitrogens with two attached hydrogens (primary N) is 1. The van der Waals surface area contributed by atoms with Gasteiger partial charge in [0.15, 0.2) is 5.82 Å². The summed E-state index contributed by atoms with van der Waals surface area (Å²) in [4.78, 5) is 4.33. The molecule has 1 heterocycles. The van der Waals surface area contributed by atoms with E-state index in [0.717, 1.165) is 12.8 Å². The second kappa shape index (κ2) is 4.75. The number of aliphatic hydroxyl groups excluding tert-OH is 1. The fourth-order valence-corrected chi connectivity index (χ4v) is 2.50. The lowest BCUT2D eigenvalue weighted by Gasteiger charge is -2.08. The van der Waals surface area contributed by atoms with Crippen molar-refractivity contribution in [2.75, 3.05) is 0 Å². The van der Waals surface area contributed by atoms with E-state index in [-0.39, 0.29) is 5.92 Å². The monoisotopic (exact) mass is 259 g/mol. The Kier molecular flexibility index (Phi) is 3.08. The Hall–Kier alpha value is -1.72. The summed E-state index contributed by atoms with van der Waals surface area (Å²) in [6.07, 6.45) is 1.16. The van der Waals surface area contributed by atoms with Crippen molar-refractivity contribution >= 4 is 0 Å². The van der Waals surface area contributed by atoms with E-state index >= 15 is 0 Å². The molecule has 0 radical (unpaired) electrons. The Labute approximate surface area is 111 Å². The number of nitrogens with zero attached hydrogens (tertiary/aromatic N) is 2. The van der Waals surface area contributed by atoms with Gasteiger partial charge in [0.05, 0.1) is 6.10 Å². The van der Waals surface area contributed by atoms with E-state index in [1.54, 1.807) is 6.92 Å². The van der Waals surface area contributed by atoms with Crippen LogP contribution in [-0.4, -0.2) is 21.4 Å². The Morgan fingerprint density at radius 1 is 1.32 bits per heavy atom. The Balaban J connectivity index is 1.79. The molecule has 5 nitrogen and oxygen atoms in total. The third-order valence-corrected chi connectivity index (χ3v) is 3.68. The molecule has 3 N–H and O–H groups in total. The number of benzene rings is 1. The van der Waals surface area contributed by atoms with Gasteiger partial charge in [0.25, 0.3) is 0 Å². The molecular weight excluding hydrogens is 242 g/mol. The van der Waals surface area contributed by atoms with Crippen LogP contribution in [0.2, 0.25) is 0 Å². The second-order valence-electron chi connectivity index (χ2n) is 5.13. The zero-order valence-electron chi connectivity index (χ0n) is 10.8. The number of fused-ring (bicyclic) bond motifs is 1. The smallest absolute Gasteiger partial charge is 0.246 e. The van der Waals surface area contributed by atoms with E-state index in [1.807, 2.05) is 12.1 Å². The molecule has 0 bridgehead atoms. The number of aromatic nitrogens is 2. The molecule has 0 spiro atoms. The van der Waals surface area contributed by atoms with E-state index in [9.17, 15) is 5.11 Å². The minimum atomic E-state index is -0.700. The van der Waals surface area contributed by atoms with Crippen LogP contribution in [0.15, 0.2) is 28.8 Å². The molecule has 100 valence electrons. The first-order chi connectivity index (χ1) is 9.15. The fraction of sp³-hybridized carbons (Fsp3) is 0.429. The summed E-state index contributed by atoms with van der Waals surface area (Å²) in [5.41, 5.74) is 8.48. The Bertz CT molecular complexity index is 555. The summed E-state index contributed by atoms with van der Waals surface area (Å²) < 4.78 is 5.15. The Morgan fingerprint density at radius 3 is 2.53 bits per heavy atom. The van der Waals surface area contributed by atoms with Gasteiger partial charge in [0, 0.05) is 5.92 Å². The largest absolute Gasteiger partial charge is 0.391 e. The molecule has 1 aromatic carbocycles. The number of aliphatic hydroxyl groups is 1. The third kappa shape index (κ3) is 2.27. The lowest BCUT2D eigenvalue weighted by molar-refractivity contribution is 0.146. The molecule has 0 saturated carbocycles. The second-order valence-corrected chi connectivity index (χ2v) is 5.13. The topological polar surface area (TPSA) is 85.2 Å². The molecule has 1 aliphatic rings. The van der Waals surface area contributed by atoms with E-state index in [0.29, 0.717) is 11.7 Å². The highest BCUT2D eigenvalue weighted by Gasteiger charge is 2.28. The van der Waals surface area contributed by atoms with Gasteiger partial charge in [-0.1, -0.05) is 29.4 Å². The van der Waals surface area contributed by atoms with Crippen LogP contribution in [-0.2, 0) is 12.8 Å². The van der Waals surface area contributed by atoms with Crippen molar-refractivity contribution in [3.8, 4) is 0 Å². The molecule has 0 amide bonds. The number of hydrogen-bond donors (Lipinski definition) is 2. The number of hydrogen-bond acceptors (Lipinski definition) is 5. The van der Waals surface area contributed by atoms with Gasteiger partial charge in [-0.05, 0) is 30.9 Å². The van der Waals surface area contributed by atoms with Crippen molar-refractivity contribution in [2.24, 2.45) is 5.73 Å². The summed E-state index contributed by atoms with van der Waals surface area (Å²) in [6.45, 7) is 1.61. The first-order valence-corrected chi connectivity index (χ1v) is 6.49. The summed E-state index contributed by atoms with van der Waals surface area (Å²) in [5, 5.41) is 13.4. The van der Waals surface area contributed by atoms with E-state index in [1.165, 1.54) is 11.1 Å². The van der Waals surface area contributed by atoms with Crippen molar-refractivity contribution in [1.82, 2.24) is 10.1 Å². The highest BCUT2D eigenvalue weighted by atomic mass is 16.5. The summed E-state index contributed by atoms with van der Waals surface area (Å²) in [7, 11) is 0. The van der Waals surface area contributed by atoms with E-state index < -0.39 is 12.1 Å². The molecule has 0 aliphatic heterocycles. The average Bonchev–Trinajstić information content (AvgIpc) is 3.03. The summed E-state index contributed by atoms with van der Waals surface area (Å²) in [5.74, 6) is 1.24. The summed E-state index contributed by atoms with van der Waals surface area (Å²) in [6, 6.07) is 7.75. The lowest BCUT2D eigenvalue weighted by atomic mass is 10.1. The van der Waals surface area contributed by atoms with Crippen LogP contribution in [0.25, 0.3) is 0 Å². The van der Waals surface area contributed by atoms with Crippen LogP contribution in [0.1, 0.15) is 41.7 Å². The molecule has 2 aromatic rings. The van der Waals surface area contributed by atoms with Gasteiger partial charge in [-0.3, -0.25) is 0 Å². The van der Waals surface area contributed by atoms with Crippen molar-refractivity contribution < 1.29 is 9.63 Å². The molecule has 1 aliphatic carbocycles. The van der Waals surface area contributed by atoms with Crippen molar-refractivity contribution in [3.63, 3.8) is 0 Å². The van der Waals surface area contributed by atoms with Crippen LogP contribution >= 0.6 is 0 Å². The van der Waals surface area contributed by atoms with Crippen LogP contribution in [0.5, 0.6) is 0 Å². The predicted octanol–water partition coefficient (Wildman–Crippen LogP) is 1.33. The van der Waals surface area contributed by atoms with Gasteiger partial charge < -0.3 is 15.4 Å². The van der Waals surface area contributed by atoms with Crippen LogP contribution in [0, 0.1) is 0 Å². The highest BCUT2D eigenvalue weighted by Crippen LogP contribution is 2.32. The average molecular weight is 259 g/mol. The van der Waals surface area contributed by atoms with Gasteiger partial charge in [-0.25, -0.2) is 0 Å². The minimum absolute atomic E-state index is 0.246. The molecule has 2 atom stereocenters. The predicted molar refractivity (Wildman–Crippen MR) is 69.5 cm³/mol. The molecule has 0 saturated heterocycles. The molecule has 3 rings (SSSR count). The highest BCUT2D eigenvalue weighted by molar-refractivity contribution is 5.34. The molecule has 19 heavy (non-hydrogen) atoms. The maximum atomic E-state index is 9.44. The van der Waals surface area contributed by atoms with Gasteiger partial charge in [-0.15, -0.1) is 0 Å². The first-order valence-electron chi connectivity index (χ1n) is 6.49. The van der Waals surface area contributed by atoms with Crippen molar-refractivity contribution in [2.45, 2.75) is 37.8 Å².